The molecule has 0 N–H and O–H groups in total. The molecule has 0 radical (unpaired) electrons. The third kappa shape index (κ3) is 2.89. The number of anilines is 1. The monoisotopic (exact) mass is 329 g/mol. The van der Waals surface area contributed by atoms with Crippen molar-refractivity contribution >= 4 is 22.9 Å². The normalized spacial score (nSPS) is 18.5. The number of hydrogen-bond acceptors (Lipinski definition) is 5. The van der Waals surface area contributed by atoms with Gasteiger partial charge in [-0.25, -0.2) is 4.98 Å². The molecule has 1 amide bonds. The first kappa shape index (κ1) is 14.8. The number of fused-ring (bicyclic) bond motifs is 1. The molecule has 0 aliphatic carbocycles. The molecule has 1 aromatic carbocycles. The van der Waals surface area contributed by atoms with E-state index >= 15 is 0 Å². The molecule has 0 spiro atoms. The lowest BCUT2D eigenvalue weighted by molar-refractivity contribution is -0.117. The highest BCUT2D eigenvalue weighted by Gasteiger charge is 2.24. The van der Waals surface area contributed by atoms with E-state index in [4.69, 9.17) is 9.72 Å². The zero-order valence-corrected chi connectivity index (χ0v) is 13.9. The summed E-state index contributed by atoms with van der Waals surface area (Å²) in [6, 6.07) is 6.18. The highest BCUT2D eigenvalue weighted by Crippen LogP contribution is 2.32. The van der Waals surface area contributed by atoms with Crippen LogP contribution in [0.4, 0.5) is 5.69 Å². The number of nitrogens with zero attached hydrogens (tertiary/aromatic N) is 3. The third-order valence-corrected chi connectivity index (χ3v) is 5.30. The maximum atomic E-state index is 11.8. The van der Waals surface area contributed by atoms with E-state index in [1.54, 1.807) is 16.2 Å². The molecule has 0 unspecified atom stereocenters. The predicted molar refractivity (Wildman–Crippen MR) is 90.8 cm³/mol. The van der Waals surface area contributed by atoms with Crippen LogP contribution in [0.2, 0.25) is 0 Å². The van der Waals surface area contributed by atoms with Crippen LogP contribution >= 0.6 is 11.3 Å². The van der Waals surface area contributed by atoms with Gasteiger partial charge in [-0.1, -0.05) is 6.07 Å². The molecule has 0 saturated carbocycles. The first-order chi connectivity index (χ1) is 11.2. The van der Waals surface area contributed by atoms with Crippen molar-refractivity contribution in [3.05, 3.63) is 34.2 Å². The lowest BCUT2D eigenvalue weighted by Gasteiger charge is -2.25. The Hall–Kier alpha value is -1.76. The second-order valence-electron chi connectivity index (χ2n) is 5.99. The first-order valence-corrected chi connectivity index (χ1v) is 8.73. The first-order valence-electron chi connectivity index (χ1n) is 7.85. The highest BCUT2D eigenvalue weighted by molar-refractivity contribution is 7.09. The van der Waals surface area contributed by atoms with Crippen LogP contribution in [0.15, 0.2) is 23.6 Å². The van der Waals surface area contributed by atoms with Crippen LogP contribution in [0.25, 0.3) is 11.3 Å². The molecule has 5 nitrogen and oxygen atoms in total. The number of ether oxygens (including phenoxy) is 1. The van der Waals surface area contributed by atoms with Gasteiger partial charge in [0.05, 0.1) is 31.9 Å². The Morgan fingerprint density at radius 3 is 2.96 bits per heavy atom. The summed E-state index contributed by atoms with van der Waals surface area (Å²) in [6.45, 7) is 4.46. The number of hydrogen-bond donors (Lipinski definition) is 0. The zero-order valence-electron chi connectivity index (χ0n) is 13.1. The number of carbonyl (C=O) groups is 1. The van der Waals surface area contributed by atoms with E-state index in [2.05, 4.69) is 22.4 Å². The van der Waals surface area contributed by atoms with Crippen molar-refractivity contribution in [2.75, 3.05) is 38.3 Å². The number of benzene rings is 1. The molecular weight excluding hydrogens is 310 g/mol. The topological polar surface area (TPSA) is 45.7 Å². The predicted octanol–water partition coefficient (Wildman–Crippen LogP) is 2.16. The smallest absolute Gasteiger partial charge is 0.231 e. The number of aromatic nitrogens is 1. The van der Waals surface area contributed by atoms with Crippen molar-refractivity contribution in [3.8, 4) is 11.3 Å². The van der Waals surface area contributed by atoms with Crippen molar-refractivity contribution in [2.45, 2.75) is 13.0 Å². The Morgan fingerprint density at radius 2 is 2.13 bits per heavy atom. The van der Waals surface area contributed by atoms with Crippen molar-refractivity contribution in [1.82, 2.24) is 9.88 Å². The van der Waals surface area contributed by atoms with Gasteiger partial charge in [-0.2, -0.15) is 0 Å². The van der Waals surface area contributed by atoms with Crippen LogP contribution in [0.3, 0.4) is 0 Å². The molecule has 1 aromatic heterocycles. The number of carbonyl (C=O) groups excluding carboxylic acids is 1. The quantitative estimate of drug-likeness (QED) is 0.866. The lowest BCUT2D eigenvalue weighted by Crippen LogP contribution is -2.35. The van der Waals surface area contributed by atoms with E-state index in [0.29, 0.717) is 6.42 Å². The molecule has 120 valence electrons. The maximum Gasteiger partial charge on any atom is 0.231 e. The van der Waals surface area contributed by atoms with E-state index in [9.17, 15) is 4.79 Å². The van der Waals surface area contributed by atoms with Gasteiger partial charge in [0.1, 0.15) is 5.01 Å². The average Bonchev–Trinajstić information content (AvgIpc) is 3.14. The molecule has 0 atom stereocenters. The molecule has 1 fully saturated rings. The summed E-state index contributed by atoms with van der Waals surface area (Å²) in [5, 5.41) is 3.24. The third-order valence-electron chi connectivity index (χ3n) is 4.47. The van der Waals surface area contributed by atoms with E-state index in [-0.39, 0.29) is 5.91 Å². The summed E-state index contributed by atoms with van der Waals surface area (Å²) in [5.74, 6) is 0.156. The number of morpholine rings is 1. The standard InChI is InChI=1S/C17H19N3O2S/c1-19-15-3-2-12(8-13(15)9-17(19)21)14-11-23-16(18-14)10-20-4-6-22-7-5-20/h2-3,8,11H,4-7,9-10H2,1H3. The van der Waals surface area contributed by atoms with Crippen molar-refractivity contribution in [2.24, 2.45) is 0 Å². The number of rotatable bonds is 3. The largest absolute Gasteiger partial charge is 0.379 e. The van der Waals surface area contributed by atoms with Gasteiger partial charge in [0.15, 0.2) is 0 Å². The highest BCUT2D eigenvalue weighted by atomic mass is 32.1. The lowest BCUT2D eigenvalue weighted by atomic mass is 10.1. The fourth-order valence-electron chi connectivity index (χ4n) is 3.10. The molecule has 23 heavy (non-hydrogen) atoms. The van der Waals surface area contributed by atoms with Gasteiger partial charge in [-0.3, -0.25) is 9.69 Å². The van der Waals surface area contributed by atoms with Crippen LogP contribution in [0.1, 0.15) is 10.6 Å². The fraction of sp³-hybridized carbons (Fsp3) is 0.412. The molecule has 1 saturated heterocycles. The molecule has 6 heteroatoms. The van der Waals surface area contributed by atoms with Crippen LogP contribution in [-0.2, 0) is 22.5 Å². The number of likely N-dealkylation sites (N-methyl/N-ethyl adjacent to an activating group) is 1. The Balaban J connectivity index is 1.53. The summed E-state index contributed by atoms with van der Waals surface area (Å²) in [4.78, 5) is 20.7. The van der Waals surface area contributed by atoms with Crippen LogP contribution in [-0.4, -0.2) is 49.1 Å². The fourth-order valence-corrected chi connectivity index (χ4v) is 3.94. The summed E-state index contributed by atoms with van der Waals surface area (Å²) in [5.41, 5.74) is 4.21. The molecule has 2 aliphatic rings. The van der Waals surface area contributed by atoms with Gasteiger partial charge >= 0.3 is 0 Å². The van der Waals surface area contributed by atoms with Gasteiger partial charge in [0.2, 0.25) is 5.91 Å². The average molecular weight is 329 g/mol. The van der Waals surface area contributed by atoms with E-state index < -0.39 is 0 Å². The molecule has 0 bridgehead atoms. The Kier molecular flexibility index (Phi) is 3.88. The van der Waals surface area contributed by atoms with E-state index in [1.165, 1.54) is 0 Å². The minimum absolute atomic E-state index is 0.156. The van der Waals surface area contributed by atoms with Gasteiger partial charge in [-0.15, -0.1) is 11.3 Å². The van der Waals surface area contributed by atoms with E-state index in [0.717, 1.165) is 60.4 Å². The Bertz CT molecular complexity index is 737. The van der Waals surface area contributed by atoms with Crippen LogP contribution in [0, 0.1) is 0 Å². The minimum Gasteiger partial charge on any atom is -0.379 e. The zero-order chi connectivity index (χ0) is 15.8. The molecule has 4 rings (SSSR count). The molecule has 2 aromatic rings. The maximum absolute atomic E-state index is 11.8. The molecule has 2 aliphatic heterocycles. The summed E-state index contributed by atoms with van der Waals surface area (Å²) in [6.07, 6.45) is 0.491. The molecular formula is C17H19N3O2S. The molecule has 3 heterocycles. The van der Waals surface area contributed by atoms with E-state index in [1.807, 2.05) is 13.1 Å². The van der Waals surface area contributed by atoms with Crippen molar-refractivity contribution in [1.29, 1.82) is 0 Å². The second kappa shape index (κ2) is 6.03. The Labute approximate surface area is 139 Å². The number of amides is 1. The van der Waals surface area contributed by atoms with Gasteiger partial charge in [0.25, 0.3) is 0 Å². The van der Waals surface area contributed by atoms with Crippen molar-refractivity contribution < 1.29 is 9.53 Å². The summed E-state index contributed by atoms with van der Waals surface area (Å²) >= 11 is 1.70. The Morgan fingerprint density at radius 1 is 1.30 bits per heavy atom. The number of thiazole rings is 1. The van der Waals surface area contributed by atoms with Gasteiger partial charge in [-0.05, 0) is 17.7 Å². The van der Waals surface area contributed by atoms with Gasteiger partial charge in [0, 0.05) is 36.8 Å². The van der Waals surface area contributed by atoms with Crippen LogP contribution in [0.5, 0.6) is 0 Å². The second-order valence-corrected chi connectivity index (χ2v) is 6.93. The summed E-state index contributed by atoms with van der Waals surface area (Å²) < 4.78 is 5.38. The van der Waals surface area contributed by atoms with Gasteiger partial charge < -0.3 is 9.64 Å². The summed E-state index contributed by atoms with van der Waals surface area (Å²) in [7, 11) is 1.83. The van der Waals surface area contributed by atoms with Crippen LogP contribution < -0.4 is 4.90 Å². The van der Waals surface area contributed by atoms with Crippen molar-refractivity contribution in [3.63, 3.8) is 0 Å². The minimum atomic E-state index is 0.156. The SMILES string of the molecule is CN1C(=O)Cc2cc(-c3csc(CN4CCOCC4)n3)ccc21.